The lowest BCUT2D eigenvalue weighted by molar-refractivity contribution is -0.132. The number of nitrogens with zero attached hydrogens (tertiary/aromatic N) is 4. The van der Waals surface area contributed by atoms with Crippen molar-refractivity contribution in [3.63, 3.8) is 0 Å². The molecule has 1 aliphatic heterocycles. The van der Waals surface area contributed by atoms with E-state index < -0.39 is 0 Å². The fraction of sp³-hybridized carbons (Fsp3) is 0.455. The summed E-state index contributed by atoms with van der Waals surface area (Å²) in [5, 5.41) is 0. The normalized spacial score (nSPS) is 15.1. The smallest absolute Gasteiger partial charge is 0.270 e. The molecule has 0 bridgehead atoms. The third-order valence-corrected chi connectivity index (χ3v) is 5.79. The molecular weight excluding hydrogens is 366 g/mol. The molecule has 1 aromatic carbocycles. The van der Waals surface area contributed by atoms with Gasteiger partial charge < -0.3 is 14.5 Å². The van der Waals surface area contributed by atoms with Crippen molar-refractivity contribution in [3.05, 3.63) is 58.5 Å². The Labute approximate surface area is 169 Å². The molecule has 4 rings (SSSR count). The number of H-pyrrole nitrogens is 1. The van der Waals surface area contributed by atoms with Crippen molar-refractivity contribution in [2.45, 2.75) is 45.6 Å². The summed E-state index contributed by atoms with van der Waals surface area (Å²) in [5.74, 6) is 1.80. The van der Waals surface area contributed by atoms with Crippen LogP contribution in [-0.2, 0) is 24.2 Å². The highest BCUT2D eigenvalue weighted by Crippen LogP contribution is 2.20. The minimum atomic E-state index is -0.206. The summed E-state index contributed by atoms with van der Waals surface area (Å²) in [6, 6.07) is 7.45. The van der Waals surface area contributed by atoms with E-state index in [1.165, 1.54) is 0 Å². The first-order chi connectivity index (χ1) is 14.1. The quantitative estimate of drug-likeness (QED) is 0.698. The number of amides is 1. The molecule has 1 fully saturated rings. The van der Waals surface area contributed by atoms with E-state index in [-0.39, 0.29) is 11.5 Å². The summed E-state index contributed by atoms with van der Waals surface area (Å²) in [7, 11) is 0. The van der Waals surface area contributed by atoms with Crippen LogP contribution in [0.15, 0.2) is 41.5 Å². The number of carbonyl (C=O) groups excluding carboxylic acids is 1. The molecule has 3 aromatic rings. The minimum Gasteiger partial charge on any atom is -0.343 e. The molecule has 7 heteroatoms. The van der Waals surface area contributed by atoms with Crippen LogP contribution in [0.25, 0.3) is 11.0 Å². The molecule has 152 valence electrons. The van der Waals surface area contributed by atoms with Crippen LogP contribution in [-0.4, -0.2) is 43.4 Å². The summed E-state index contributed by atoms with van der Waals surface area (Å²) < 4.78 is 2.24. The van der Waals surface area contributed by atoms with E-state index in [2.05, 4.69) is 26.4 Å². The molecule has 0 spiro atoms. The van der Waals surface area contributed by atoms with E-state index >= 15 is 0 Å². The number of piperidine rings is 1. The van der Waals surface area contributed by atoms with Gasteiger partial charge in [-0.25, -0.2) is 9.97 Å². The number of imidazole rings is 1. The number of aryl methyl sites for hydroxylation is 2. The van der Waals surface area contributed by atoms with E-state index in [1.807, 2.05) is 41.6 Å². The summed E-state index contributed by atoms with van der Waals surface area (Å²) in [4.78, 5) is 38.5. The zero-order chi connectivity index (χ0) is 20.2. The van der Waals surface area contributed by atoms with Gasteiger partial charge in [0.05, 0.1) is 11.0 Å². The van der Waals surface area contributed by atoms with Gasteiger partial charge in [-0.15, -0.1) is 0 Å². The predicted octanol–water partition coefficient (Wildman–Crippen LogP) is 2.55. The SMILES string of the molecule is CCc1nccn1CC1CCN(C(=O)CCc2nc3ccccc3[nH]c2=O)CC1. The van der Waals surface area contributed by atoms with Crippen molar-refractivity contribution >= 4 is 16.9 Å². The van der Waals surface area contributed by atoms with Gasteiger partial charge in [0.2, 0.25) is 5.91 Å². The highest BCUT2D eigenvalue weighted by Gasteiger charge is 2.23. The Kier molecular flexibility index (Phi) is 5.74. The molecule has 1 N–H and O–H groups in total. The fourth-order valence-corrected chi connectivity index (χ4v) is 4.08. The van der Waals surface area contributed by atoms with Crippen LogP contribution in [0.1, 0.15) is 37.7 Å². The van der Waals surface area contributed by atoms with Crippen LogP contribution in [0.4, 0.5) is 0 Å². The van der Waals surface area contributed by atoms with Gasteiger partial charge in [0.1, 0.15) is 11.5 Å². The third kappa shape index (κ3) is 4.39. The van der Waals surface area contributed by atoms with Gasteiger partial charge in [-0.3, -0.25) is 9.59 Å². The van der Waals surface area contributed by atoms with Gasteiger partial charge in [-0.1, -0.05) is 19.1 Å². The van der Waals surface area contributed by atoms with E-state index in [4.69, 9.17) is 0 Å². The maximum Gasteiger partial charge on any atom is 0.270 e. The van der Waals surface area contributed by atoms with Gasteiger partial charge >= 0.3 is 0 Å². The van der Waals surface area contributed by atoms with Crippen LogP contribution in [0.3, 0.4) is 0 Å². The standard InChI is InChI=1S/C22H27N5O2/c1-2-20-23-11-14-27(20)15-16-9-12-26(13-10-16)21(28)8-7-19-22(29)25-18-6-4-3-5-17(18)24-19/h3-6,11,14,16H,2,7-10,12-13,15H2,1H3,(H,25,29). The van der Waals surface area contributed by atoms with Crippen molar-refractivity contribution in [3.8, 4) is 0 Å². The maximum atomic E-state index is 12.6. The van der Waals surface area contributed by atoms with Gasteiger partial charge in [0, 0.05) is 51.3 Å². The Morgan fingerprint density at radius 2 is 2.03 bits per heavy atom. The zero-order valence-electron chi connectivity index (χ0n) is 16.8. The average molecular weight is 393 g/mol. The number of hydrogen-bond acceptors (Lipinski definition) is 4. The highest BCUT2D eigenvalue weighted by molar-refractivity contribution is 5.77. The van der Waals surface area contributed by atoms with Crippen LogP contribution in [0.2, 0.25) is 0 Å². The zero-order valence-corrected chi connectivity index (χ0v) is 16.8. The van der Waals surface area contributed by atoms with Crippen molar-refractivity contribution in [1.82, 2.24) is 24.4 Å². The monoisotopic (exact) mass is 393 g/mol. The number of likely N-dealkylation sites (tertiary alicyclic amines) is 1. The summed E-state index contributed by atoms with van der Waals surface area (Å²) in [6.07, 6.45) is 7.54. The predicted molar refractivity (Wildman–Crippen MR) is 112 cm³/mol. The number of nitrogens with one attached hydrogen (secondary N) is 1. The second-order valence-electron chi connectivity index (χ2n) is 7.70. The Balaban J connectivity index is 1.30. The number of fused-ring (bicyclic) bond motifs is 1. The average Bonchev–Trinajstić information content (AvgIpc) is 3.19. The number of aromatic amines is 1. The molecule has 1 saturated heterocycles. The number of carbonyl (C=O) groups is 1. The fourth-order valence-electron chi connectivity index (χ4n) is 4.08. The largest absolute Gasteiger partial charge is 0.343 e. The molecule has 0 saturated carbocycles. The molecule has 1 amide bonds. The van der Waals surface area contributed by atoms with Crippen LogP contribution < -0.4 is 5.56 Å². The van der Waals surface area contributed by atoms with Gasteiger partial charge in [0.25, 0.3) is 5.56 Å². The van der Waals surface area contributed by atoms with Crippen molar-refractivity contribution in [2.75, 3.05) is 13.1 Å². The third-order valence-electron chi connectivity index (χ3n) is 5.79. The summed E-state index contributed by atoms with van der Waals surface area (Å²) in [5.41, 5.74) is 1.70. The Bertz CT molecular complexity index is 1050. The molecular formula is C22H27N5O2. The Morgan fingerprint density at radius 1 is 1.24 bits per heavy atom. The lowest BCUT2D eigenvalue weighted by atomic mass is 9.96. The van der Waals surface area contributed by atoms with Crippen molar-refractivity contribution in [2.24, 2.45) is 5.92 Å². The van der Waals surface area contributed by atoms with E-state index in [1.54, 1.807) is 0 Å². The van der Waals surface area contributed by atoms with E-state index in [0.717, 1.165) is 55.8 Å². The molecule has 0 radical (unpaired) electrons. The number of hydrogen-bond donors (Lipinski definition) is 1. The van der Waals surface area contributed by atoms with Gasteiger partial charge in [-0.2, -0.15) is 0 Å². The topological polar surface area (TPSA) is 83.9 Å². The van der Waals surface area contributed by atoms with Crippen LogP contribution in [0.5, 0.6) is 0 Å². The first kappa shape index (κ1) is 19.4. The number of para-hydroxylation sites is 2. The molecule has 0 aliphatic carbocycles. The van der Waals surface area contributed by atoms with E-state index in [0.29, 0.717) is 24.5 Å². The molecule has 2 aromatic heterocycles. The van der Waals surface area contributed by atoms with Gasteiger partial charge in [-0.05, 0) is 30.9 Å². The highest BCUT2D eigenvalue weighted by atomic mass is 16.2. The van der Waals surface area contributed by atoms with Crippen LogP contribution in [0, 0.1) is 5.92 Å². The molecule has 0 unspecified atom stereocenters. The van der Waals surface area contributed by atoms with E-state index in [9.17, 15) is 9.59 Å². The number of rotatable bonds is 6. The number of aromatic nitrogens is 4. The maximum absolute atomic E-state index is 12.6. The van der Waals surface area contributed by atoms with Crippen molar-refractivity contribution in [1.29, 1.82) is 0 Å². The first-order valence-electron chi connectivity index (χ1n) is 10.4. The molecule has 0 atom stereocenters. The summed E-state index contributed by atoms with van der Waals surface area (Å²) in [6.45, 7) is 4.65. The summed E-state index contributed by atoms with van der Waals surface area (Å²) >= 11 is 0. The molecule has 3 heterocycles. The lowest BCUT2D eigenvalue weighted by Crippen LogP contribution is -2.39. The second-order valence-corrected chi connectivity index (χ2v) is 7.70. The van der Waals surface area contributed by atoms with Crippen molar-refractivity contribution < 1.29 is 4.79 Å². The second kappa shape index (κ2) is 8.59. The first-order valence-corrected chi connectivity index (χ1v) is 10.4. The molecule has 1 aliphatic rings. The molecule has 7 nitrogen and oxygen atoms in total. The van der Waals surface area contributed by atoms with Crippen LogP contribution >= 0.6 is 0 Å². The Morgan fingerprint density at radius 3 is 2.83 bits per heavy atom. The molecule has 29 heavy (non-hydrogen) atoms. The number of benzene rings is 1. The lowest BCUT2D eigenvalue weighted by Gasteiger charge is -2.32. The minimum absolute atomic E-state index is 0.106. The Hall–Kier alpha value is -2.96. The van der Waals surface area contributed by atoms with Gasteiger partial charge in [0.15, 0.2) is 0 Å².